The quantitative estimate of drug-likeness (QED) is 0.321. The molecule has 0 atom stereocenters. The van der Waals surface area contributed by atoms with Crippen molar-refractivity contribution in [2.45, 2.75) is 6.42 Å². The van der Waals surface area contributed by atoms with E-state index in [4.69, 9.17) is 11.8 Å². The van der Waals surface area contributed by atoms with E-state index in [0.29, 0.717) is 9.81 Å². The minimum Gasteiger partial charge on any atom is -0.293 e. The predicted molar refractivity (Wildman–Crippen MR) is 45.6 cm³/mol. The van der Waals surface area contributed by atoms with Crippen LogP contribution in [-0.2, 0) is 4.79 Å². The molecule has 4 heteroatoms. The van der Waals surface area contributed by atoms with Crippen LogP contribution in [0.4, 0.5) is 0 Å². The molecule has 0 spiro atoms. The molecule has 0 unspecified atom stereocenters. The minimum absolute atomic E-state index is 0.00648. The number of nitrogens with zero attached hydrogens (tertiary/aromatic N) is 2. The summed E-state index contributed by atoms with van der Waals surface area (Å²) in [6, 6.07) is 1.75. The average molecular weight is 176 g/mol. The molecule has 0 N–H and O–H groups in total. The molecule has 1 aliphatic rings. The van der Waals surface area contributed by atoms with Gasteiger partial charge in [0.1, 0.15) is 0 Å². The Bertz CT molecular complexity index is 333. The van der Waals surface area contributed by atoms with Gasteiger partial charge in [-0.3, -0.25) is 4.79 Å². The summed E-state index contributed by atoms with van der Waals surface area (Å²) in [4.78, 5) is 14.9. The molecule has 1 saturated heterocycles. The third-order valence-electron chi connectivity index (χ3n) is 1.36. The van der Waals surface area contributed by atoms with Crippen LogP contribution in [0.3, 0.4) is 0 Å². The summed E-state index contributed by atoms with van der Waals surface area (Å²) in [5, 5.41) is 8.48. The van der Waals surface area contributed by atoms with Gasteiger partial charge in [-0.2, -0.15) is 0 Å². The number of thioether (sulfide) groups is 1. The molecule has 1 heterocycles. The van der Waals surface area contributed by atoms with Crippen LogP contribution in [0.15, 0.2) is 22.1 Å². The second-order valence-electron chi connectivity index (χ2n) is 2.12. The molecule has 1 rings (SSSR count). The van der Waals surface area contributed by atoms with Crippen LogP contribution in [0.25, 0.3) is 4.85 Å². The monoisotopic (exact) mass is 176 g/mol. The van der Waals surface area contributed by atoms with E-state index in [9.17, 15) is 4.79 Å². The third-order valence-corrected chi connectivity index (χ3v) is 2.42. The van der Waals surface area contributed by atoms with E-state index >= 15 is 0 Å². The first-order valence-electron chi connectivity index (χ1n) is 3.09. The number of carbonyl (C=O) groups is 1. The maximum absolute atomic E-state index is 11.0. The highest BCUT2D eigenvalue weighted by molar-refractivity contribution is 8.08. The number of rotatable bonds is 0. The second kappa shape index (κ2) is 3.25. The van der Waals surface area contributed by atoms with Gasteiger partial charge < -0.3 is 0 Å². The van der Waals surface area contributed by atoms with Crippen LogP contribution < -0.4 is 0 Å². The second-order valence-corrected chi connectivity index (χ2v) is 3.31. The van der Waals surface area contributed by atoms with Crippen LogP contribution >= 0.6 is 11.8 Å². The molecule has 0 bridgehead atoms. The Balaban J connectivity index is 3.04. The van der Waals surface area contributed by atoms with Gasteiger partial charge in [0.15, 0.2) is 5.78 Å². The van der Waals surface area contributed by atoms with Gasteiger partial charge in [-0.05, 0) is 0 Å². The number of nitriles is 1. The number of hydrogen-bond acceptors (Lipinski definition) is 3. The Morgan fingerprint density at radius 3 is 2.83 bits per heavy atom. The van der Waals surface area contributed by atoms with Gasteiger partial charge in [0.25, 0.3) is 5.70 Å². The van der Waals surface area contributed by atoms with Crippen LogP contribution in [0.1, 0.15) is 6.42 Å². The van der Waals surface area contributed by atoms with E-state index in [-0.39, 0.29) is 17.9 Å². The maximum Gasteiger partial charge on any atom is 0.272 e. The van der Waals surface area contributed by atoms with Gasteiger partial charge in [-0.25, -0.2) is 10.1 Å². The van der Waals surface area contributed by atoms with E-state index in [0.717, 1.165) is 11.8 Å². The molecule has 58 valence electrons. The maximum atomic E-state index is 11.0. The Morgan fingerprint density at radius 1 is 1.83 bits per heavy atom. The molecule has 0 radical (unpaired) electrons. The molecule has 0 aliphatic carbocycles. The number of Topliss-reactive ketones (excluding diaryl/α,β-unsaturated/α-hetero) is 1. The van der Waals surface area contributed by atoms with Gasteiger partial charge in [0.05, 0.1) is 12.6 Å². The molecule has 12 heavy (non-hydrogen) atoms. The van der Waals surface area contributed by atoms with Crippen molar-refractivity contribution in [1.82, 2.24) is 0 Å². The van der Waals surface area contributed by atoms with Crippen molar-refractivity contribution in [3.63, 3.8) is 0 Å². The zero-order valence-corrected chi connectivity index (χ0v) is 6.94. The lowest BCUT2D eigenvalue weighted by Crippen LogP contribution is -1.87. The molecule has 0 saturated carbocycles. The largest absolute Gasteiger partial charge is 0.293 e. The SMILES string of the molecule is [C-]#[N+]/C(C#N)=C1\CC(=O)C(=C)S1. The molecule has 0 aromatic rings. The lowest BCUT2D eigenvalue weighted by Gasteiger charge is -1.89. The Morgan fingerprint density at radius 2 is 2.50 bits per heavy atom. The zero-order chi connectivity index (χ0) is 9.14. The fraction of sp³-hybridized carbons (Fsp3) is 0.125. The molecule has 0 aromatic carbocycles. The summed E-state index contributed by atoms with van der Waals surface area (Å²) in [7, 11) is 0. The number of ketones is 1. The van der Waals surface area contributed by atoms with Gasteiger partial charge in [-0.15, -0.1) is 11.8 Å². The normalized spacial score (nSPS) is 20.2. The van der Waals surface area contributed by atoms with Gasteiger partial charge >= 0.3 is 0 Å². The summed E-state index contributed by atoms with van der Waals surface area (Å²) in [6.07, 6.45) is 0.161. The third kappa shape index (κ3) is 1.39. The van der Waals surface area contributed by atoms with Crippen LogP contribution in [-0.4, -0.2) is 5.78 Å². The van der Waals surface area contributed by atoms with E-state index in [1.54, 1.807) is 6.07 Å². The number of carbonyl (C=O) groups excluding carboxylic acids is 1. The highest BCUT2D eigenvalue weighted by Gasteiger charge is 2.23. The molecule has 0 amide bonds. The first-order valence-corrected chi connectivity index (χ1v) is 3.91. The number of hydrogen-bond donors (Lipinski definition) is 0. The average Bonchev–Trinajstić information content (AvgIpc) is 2.35. The van der Waals surface area contributed by atoms with Crippen LogP contribution in [0.2, 0.25) is 0 Å². The Kier molecular flexibility index (Phi) is 2.32. The molecule has 1 aliphatic heterocycles. The minimum atomic E-state index is -0.0913. The molecule has 3 nitrogen and oxygen atoms in total. The van der Waals surface area contributed by atoms with Crippen LogP contribution in [0.5, 0.6) is 0 Å². The summed E-state index contributed by atoms with van der Waals surface area (Å²) in [6.45, 7) is 10.2. The summed E-state index contributed by atoms with van der Waals surface area (Å²) in [5.41, 5.74) is 0.00648. The zero-order valence-electron chi connectivity index (χ0n) is 6.13. The fourth-order valence-corrected chi connectivity index (χ4v) is 1.64. The molecule has 0 aromatic heterocycles. The van der Waals surface area contributed by atoms with Gasteiger partial charge in [0, 0.05) is 16.2 Å². The number of allylic oxidation sites excluding steroid dienone is 3. The first kappa shape index (κ1) is 8.58. The van der Waals surface area contributed by atoms with Crippen LogP contribution in [0, 0.1) is 17.9 Å². The summed E-state index contributed by atoms with van der Waals surface area (Å²) < 4.78 is 0. The van der Waals surface area contributed by atoms with Crippen molar-refractivity contribution in [3.05, 3.63) is 33.5 Å². The molecule has 1 fully saturated rings. The lowest BCUT2D eigenvalue weighted by molar-refractivity contribution is -0.113. The first-order chi connectivity index (χ1) is 5.69. The highest BCUT2D eigenvalue weighted by Crippen LogP contribution is 2.38. The summed E-state index contributed by atoms with van der Waals surface area (Å²) in [5.74, 6) is -0.0913. The van der Waals surface area contributed by atoms with Crippen molar-refractivity contribution in [2.75, 3.05) is 0 Å². The summed E-state index contributed by atoms with van der Waals surface area (Å²) >= 11 is 1.13. The predicted octanol–water partition coefficient (Wildman–Crippen LogP) is 1.86. The van der Waals surface area contributed by atoms with Crippen molar-refractivity contribution in [1.29, 1.82) is 5.26 Å². The van der Waals surface area contributed by atoms with Gasteiger partial charge in [-0.1, -0.05) is 6.58 Å². The van der Waals surface area contributed by atoms with Crippen molar-refractivity contribution in [3.8, 4) is 6.07 Å². The highest BCUT2D eigenvalue weighted by atomic mass is 32.2. The Labute approximate surface area is 74.2 Å². The van der Waals surface area contributed by atoms with E-state index in [1.807, 2.05) is 0 Å². The van der Waals surface area contributed by atoms with Crippen molar-refractivity contribution < 1.29 is 4.79 Å². The smallest absolute Gasteiger partial charge is 0.272 e. The van der Waals surface area contributed by atoms with E-state index in [2.05, 4.69) is 11.4 Å². The molecular formula is C8H4N2OS. The Hall–Kier alpha value is -1.52. The lowest BCUT2D eigenvalue weighted by atomic mass is 10.2. The van der Waals surface area contributed by atoms with Crippen molar-refractivity contribution >= 4 is 17.5 Å². The fourth-order valence-electron chi connectivity index (χ4n) is 0.768. The van der Waals surface area contributed by atoms with E-state index < -0.39 is 0 Å². The van der Waals surface area contributed by atoms with Gasteiger partial charge in [0.2, 0.25) is 0 Å². The topological polar surface area (TPSA) is 45.2 Å². The van der Waals surface area contributed by atoms with Crippen molar-refractivity contribution in [2.24, 2.45) is 0 Å². The standard InChI is InChI=1S/C8H4N2OS/c1-5-7(11)3-8(12-5)6(4-9)10-2/h1,3H2/b8-6+. The molecular weight excluding hydrogens is 172 g/mol. The van der Waals surface area contributed by atoms with E-state index in [1.165, 1.54) is 0 Å².